The number of anilines is 1. The van der Waals surface area contributed by atoms with Crippen molar-refractivity contribution in [3.8, 4) is 0 Å². The molecule has 0 saturated heterocycles. The number of hydrazone groups is 1. The standard InChI is InChI=1S/C26H19F3N4O2S/c27-17-8-4-15(5-9-17)21-13-22(16-6-10-18(28)11-7-16)33(32-21)26-31-25(35)23(36-26)14-24(34)30-20-3-1-2-19(29)12-20/h1-12,22-23H,13-14H2,(H,30,34). The number of rotatable bonds is 5. The van der Waals surface area contributed by atoms with Gasteiger partial charge < -0.3 is 5.32 Å². The number of benzene rings is 3. The first-order valence-corrected chi connectivity index (χ1v) is 12.0. The smallest absolute Gasteiger partial charge is 0.262 e. The molecule has 0 aliphatic carbocycles. The normalized spacial score (nSPS) is 19.3. The Labute approximate surface area is 208 Å². The van der Waals surface area contributed by atoms with E-state index in [0.717, 1.165) is 17.3 Å². The Hall–Kier alpha value is -3.92. The van der Waals surface area contributed by atoms with Gasteiger partial charge in [-0.05, 0) is 53.6 Å². The lowest BCUT2D eigenvalue weighted by Gasteiger charge is -2.23. The molecule has 1 N–H and O–H groups in total. The first kappa shape index (κ1) is 23.8. The zero-order chi connectivity index (χ0) is 25.2. The Kier molecular flexibility index (Phi) is 6.60. The van der Waals surface area contributed by atoms with Crippen LogP contribution in [0.1, 0.15) is 30.0 Å². The Morgan fingerprint density at radius 3 is 2.36 bits per heavy atom. The maximum atomic E-state index is 13.5. The molecule has 5 rings (SSSR count). The number of hydrogen-bond acceptors (Lipinski definition) is 5. The number of amidine groups is 1. The minimum atomic E-state index is -0.771. The van der Waals surface area contributed by atoms with Gasteiger partial charge in [-0.3, -0.25) is 9.59 Å². The summed E-state index contributed by atoms with van der Waals surface area (Å²) in [4.78, 5) is 29.3. The molecule has 0 radical (unpaired) electrons. The van der Waals surface area contributed by atoms with Gasteiger partial charge in [0.2, 0.25) is 5.91 Å². The van der Waals surface area contributed by atoms with E-state index >= 15 is 0 Å². The van der Waals surface area contributed by atoms with Crippen LogP contribution in [-0.4, -0.2) is 33.0 Å². The fourth-order valence-corrected chi connectivity index (χ4v) is 5.06. The fraction of sp³-hybridized carbons (Fsp3) is 0.154. The second kappa shape index (κ2) is 9.98. The average Bonchev–Trinajstić information content (AvgIpc) is 3.44. The molecule has 0 bridgehead atoms. The number of nitrogens with zero attached hydrogens (tertiary/aromatic N) is 3. The summed E-state index contributed by atoms with van der Waals surface area (Å²) in [6, 6.07) is 17.0. The largest absolute Gasteiger partial charge is 0.326 e. The van der Waals surface area contributed by atoms with Crippen LogP contribution < -0.4 is 5.32 Å². The van der Waals surface area contributed by atoms with Crippen LogP contribution in [-0.2, 0) is 9.59 Å². The average molecular weight is 509 g/mol. The van der Waals surface area contributed by atoms with Crippen LogP contribution in [0.15, 0.2) is 82.9 Å². The number of halogens is 3. The van der Waals surface area contributed by atoms with Crippen LogP contribution in [0, 0.1) is 17.5 Å². The highest BCUT2D eigenvalue weighted by Gasteiger charge is 2.39. The lowest BCUT2D eigenvalue weighted by Crippen LogP contribution is -2.25. The van der Waals surface area contributed by atoms with Gasteiger partial charge in [-0.25, -0.2) is 18.2 Å². The molecule has 36 heavy (non-hydrogen) atoms. The Bertz CT molecular complexity index is 1380. The van der Waals surface area contributed by atoms with E-state index in [9.17, 15) is 22.8 Å². The van der Waals surface area contributed by atoms with E-state index in [1.54, 1.807) is 35.3 Å². The number of hydrogen-bond donors (Lipinski definition) is 1. The van der Waals surface area contributed by atoms with Crippen molar-refractivity contribution in [3.05, 3.63) is 101 Å². The van der Waals surface area contributed by atoms with E-state index in [4.69, 9.17) is 0 Å². The molecule has 0 spiro atoms. The quantitative estimate of drug-likeness (QED) is 0.509. The fourth-order valence-electron chi connectivity index (χ4n) is 4.00. The van der Waals surface area contributed by atoms with E-state index < -0.39 is 22.9 Å². The molecule has 0 saturated carbocycles. The number of aliphatic imine (C=N–C) groups is 1. The molecule has 2 unspecified atom stereocenters. The highest BCUT2D eigenvalue weighted by atomic mass is 32.2. The van der Waals surface area contributed by atoms with Gasteiger partial charge in [0.25, 0.3) is 5.91 Å². The van der Waals surface area contributed by atoms with E-state index in [2.05, 4.69) is 15.4 Å². The van der Waals surface area contributed by atoms with Gasteiger partial charge in [0.05, 0.1) is 11.8 Å². The monoisotopic (exact) mass is 508 g/mol. The topological polar surface area (TPSA) is 74.1 Å². The Balaban J connectivity index is 1.35. The number of thioether (sulfide) groups is 1. The third kappa shape index (κ3) is 5.18. The summed E-state index contributed by atoms with van der Waals surface area (Å²) in [5, 5.41) is 8.39. The first-order valence-electron chi connectivity index (χ1n) is 11.1. The summed E-state index contributed by atoms with van der Waals surface area (Å²) < 4.78 is 40.4. The van der Waals surface area contributed by atoms with Gasteiger partial charge in [-0.15, -0.1) is 0 Å². The van der Waals surface area contributed by atoms with Crippen LogP contribution in [0.5, 0.6) is 0 Å². The lowest BCUT2D eigenvalue weighted by molar-refractivity contribution is -0.121. The lowest BCUT2D eigenvalue weighted by atomic mass is 9.98. The van der Waals surface area contributed by atoms with Gasteiger partial charge in [-0.1, -0.05) is 42.1 Å². The highest BCUT2D eigenvalue weighted by molar-refractivity contribution is 8.15. The number of amides is 2. The zero-order valence-electron chi connectivity index (χ0n) is 18.7. The van der Waals surface area contributed by atoms with Crippen LogP contribution in [0.3, 0.4) is 0 Å². The molecule has 3 aromatic rings. The van der Waals surface area contributed by atoms with Crippen molar-refractivity contribution in [1.82, 2.24) is 5.01 Å². The highest BCUT2D eigenvalue weighted by Crippen LogP contribution is 2.38. The molecular formula is C26H19F3N4O2S. The third-order valence-electron chi connectivity index (χ3n) is 5.75. The van der Waals surface area contributed by atoms with E-state index in [0.29, 0.717) is 28.6 Å². The molecule has 2 heterocycles. The number of nitrogens with one attached hydrogen (secondary N) is 1. The first-order chi connectivity index (χ1) is 17.4. The summed E-state index contributed by atoms with van der Waals surface area (Å²) in [6.45, 7) is 0. The van der Waals surface area contributed by atoms with Crippen molar-refractivity contribution in [3.63, 3.8) is 0 Å². The summed E-state index contributed by atoms with van der Waals surface area (Å²) in [6.07, 6.45) is 0.270. The molecule has 6 nitrogen and oxygen atoms in total. The van der Waals surface area contributed by atoms with Crippen molar-refractivity contribution in [1.29, 1.82) is 0 Å². The summed E-state index contributed by atoms with van der Waals surface area (Å²) in [5.74, 6) is -2.16. The van der Waals surface area contributed by atoms with Crippen molar-refractivity contribution >= 4 is 40.1 Å². The SMILES string of the molecule is O=C(CC1SC(N2N=C(c3ccc(F)cc3)CC2c2ccc(F)cc2)=NC1=O)Nc1cccc(F)c1. The van der Waals surface area contributed by atoms with E-state index in [1.165, 1.54) is 42.5 Å². The summed E-state index contributed by atoms with van der Waals surface area (Å²) in [5.41, 5.74) is 2.43. The van der Waals surface area contributed by atoms with Crippen LogP contribution in [0.25, 0.3) is 0 Å². The van der Waals surface area contributed by atoms with Crippen molar-refractivity contribution in [2.75, 3.05) is 5.32 Å². The van der Waals surface area contributed by atoms with Crippen molar-refractivity contribution in [2.45, 2.75) is 24.1 Å². The zero-order valence-corrected chi connectivity index (χ0v) is 19.5. The van der Waals surface area contributed by atoms with Gasteiger partial charge in [0, 0.05) is 18.5 Å². The predicted molar refractivity (Wildman–Crippen MR) is 132 cm³/mol. The molecule has 182 valence electrons. The maximum Gasteiger partial charge on any atom is 0.262 e. The van der Waals surface area contributed by atoms with Gasteiger partial charge in [0.1, 0.15) is 22.7 Å². The molecule has 2 aliphatic rings. The van der Waals surface area contributed by atoms with Gasteiger partial charge in [-0.2, -0.15) is 10.1 Å². The molecule has 2 amide bonds. The van der Waals surface area contributed by atoms with Gasteiger partial charge >= 0.3 is 0 Å². The number of carbonyl (C=O) groups excluding carboxylic acids is 2. The summed E-state index contributed by atoms with van der Waals surface area (Å²) in [7, 11) is 0. The Morgan fingerprint density at radius 1 is 0.972 bits per heavy atom. The van der Waals surface area contributed by atoms with E-state index in [-0.39, 0.29) is 24.1 Å². The van der Waals surface area contributed by atoms with Crippen molar-refractivity contribution in [2.24, 2.45) is 10.1 Å². The molecule has 10 heteroatoms. The van der Waals surface area contributed by atoms with Crippen LogP contribution in [0.4, 0.5) is 18.9 Å². The maximum absolute atomic E-state index is 13.5. The molecule has 2 atom stereocenters. The molecule has 3 aromatic carbocycles. The van der Waals surface area contributed by atoms with Crippen LogP contribution >= 0.6 is 11.8 Å². The number of carbonyl (C=O) groups is 2. The van der Waals surface area contributed by atoms with Crippen molar-refractivity contribution < 1.29 is 22.8 Å². The molecule has 0 fully saturated rings. The van der Waals surface area contributed by atoms with Crippen LogP contribution in [0.2, 0.25) is 0 Å². The van der Waals surface area contributed by atoms with E-state index in [1.807, 2.05) is 0 Å². The second-order valence-corrected chi connectivity index (χ2v) is 9.44. The minimum absolute atomic E-state index is 0.156. The summed E-state index contributed by atoms with van der Waals surface area (Å²) >= 11 is 1.11. The minimum Gasteiger partial charge on any atom is -0.326 e. The Morgan fingerprint density at radius 2 is 1.67 bits per heavy atom. The third-order valence-corrected chi connectivity index (χ3v) is 6.89. The van der Waals surface area contributed by atoms with Gasteiger partial charge in [0.15, 0.2) is 5.17 Å². The second-order valence-electron chi connectivity index (χ2n) is 8.27. The molecule has 2 aliphatic heterocycles. The molecule has 0 aromatic heterocycles. The predicted octanol–water partition coefficient (Wildman–Crippen LogP) is 5.28. The molecular weight excluding hydrogens is 489 g/mol.